The van der Waals surface area contributed by atoms with Crippen LogP contribution in [0.25, 0.3) is 0 Å². The number of hydrogen-bond acceptors (Lipinski definition) is 6. The van der Waals surface area contributed by atoms with E-state index in [2.05, 4.69) is 4.72 Å². The van der Waals surface area contributed by atoms with Crippen molar-refractivity contribution in [1.29, 1.82) is 0 Å². The smallest absolute Gasteiger partial charge is 0.289 e. The molecule has 144 valence electrons. The van der Waals surface area contributed by atoms with Gasteiger partial charge in [-0.15, -0.1) is 0 Å². The highest BCUT2D eigenvalue weighted by Gasteiger charge is 2.32. The first-order valence-corrected chi connectivity index (χ1v) is 9.85. The van der Waals surface area contributed by atoms with E-state index in [1.807, 2.05) is 0 Å². The minimum Gasteiger partial charge on any atom is -0.472 e. The Kier molecular flexibility index (Phi) is 5.29. The zero-order chi connectivity index (χ0) is 19.6. The van der Waals surface area contributed by atoms with Crippen LogP contribution < -0.4 is 4.72 Å². The van der Waals surface area contributed by atoms with Crippen LogP contribution in [0.3, 0.4) is 0 Å². The molecule has 1 N–H and O–H groups in total. The molecule has 1 aliphatic heterocycles. The fourth-order valence-corrected chi connectivity index (χ4v) is 4.88. The number of carbonyl (C=O) groups excluding carboxylic acids is 1. The van der Waals surface area contributed by atoms with Crippen LogP contribution in [0.2, 0.25) is 0 Å². The summed E-state index contributed by atoms with van der Waals surface area (Å²) in [6, 6.07) is 5.32. The Morgan fingerprint density at radius 1 is 1.30 bits per heavy atom. The zero-order valence-electron chi connectivity index (χ0n) is 14.6. The molecule has 1 aliphatic rings. The predicted octanol–water partition coefficient (Wildman–Crippen LogP) is 2.08. The fourth-order valence-electron chi connectivity index (χ4n) is 3.18. The Bertz CT molecular complexity index is 947. The third-order valence-corrected chi connectivity index (χ3v) is 6.24. The molecule has 1 aromatic heterocycles. The standard InChI is InChI=1S/C17H19N3O6S/c1-12-3-2-4-15(20(22)23)16(12)27(24,25)18-14-5-8-19(9-6-14)17(21)13-7-10-26-11-13/h2-4,7,10-11,14,18H,5-6,8-9H2,1H3. The van der Waals surface area contributed by atoms with Gasteiger partial charge in [-0.25, -0.2) is 13.1 Å². The van der Waals surface area contributed by atoms with Crippen LogP contribution in [-0.4, -0.2) is 43.3 Å². The molecule has 0 atom stereocenters. The number of amides is 1. The number of rotatable bonds is 5. The number of nitro benzene ring substituents is 1. The van der Waals surface area contributed by atoms with Crippen molar-refractivity contribution in [2.45, 2.75) is 30.7 Å². The van der Waals surface area contributed by atoms with Gasteiger partial charge in [0.15, 0.2) is 4.90 Å². The molecular weight excluding hydrogens is 374 g/mol. The van der Waals surface area contributed by atoms with E-state index in [0.29, 0.717) is 37.1 Å². The van der Waals surface area contributed by atoms with Crippen molar-refractivity contribution < 1.29 is 22.6 Å². The molecule has 1 amide bonds. The number of nitrogens with one attached hydrogen (secondary N) is 1. The zero-order valence-corrected chi connectivity index (χ0v) is 15.4. The number of aryl methyl sites for hydroxylation is 1. The van der Waals surface area contributed by atoms with E-state index < -0.39 is 26.7 Å². The number of sulfonamides is 1. The van der Waals surface area contributed by atoms with Gasteiger partial charge < -0.3 is 9.32 Å². The maximum atomic E-state index is 12.7. The normalized spacial score (nSPS) is 15.7. The Morgan fingerprint density at radius 3 is 2.59 bits per heavy atom. The Balaban J connectivity index is 1.70. The van der Waals surface area contributed by atoms with Crippen molar-refractivity contribution in [2.75, 3.05) is 13.1 Å². The molecule has 1 aromatic carbocycles. The predicted molar refractivity (Wildman–Crippen MR) is 95.8 cm³/mol. The van der Waals surface area contributed by atoms with Crippen LogP contribution in [0.4, 0.5) is 5.69 Å². The molecule has 2 heterocycles. The molecule has 9 nitrogen and oxygen atoms in total. The maximum Gasteiger partial charge on any atom is 0.289 e. The van der Waals surface area contributed by atoms with E-state index in [-0.39, 0.29) is 10.8 Å². The minimum atomic E-state index is -4.06. The number of furan rings is 1. The lowest BCUT2D eigenvalue weighted by atomic mass is 10.1. The van der Waals surface area contributed by atoms with Gasteiger partial charge in [0, 0.05) is 25.2 Å². The van der Waals surface area contributed by atoms with Gasteiger partial charge in [-0.2, -0.15) is 0 Å². The van der Waals surface area contributed by atoms with Gasteiger partial charge in [-0.1, -0.05) is 12.1 Å². The molecule has 0 saturated carbocycles. The van der Waals surface area contributed by atoms with Gasteiger partial charge in [-0.3, -0.25) is 14.9 Å². The lowest BCUT2D eigenvalue weighted by Crippen LogP contribution is -2.46. The van der Waals surface area contributed by atoms with Gasteiger partial charge >= 0.3 is 0 Å². The number of hydrogen-bond donors (Lipinski definition) is 1. The van der Waals surface area contributed by atoms with Crippen molar-refractivity contribution in [3.05, 3.63) is 58.0 Å². The van der Waals surface area contributed by atoms with Gasteiger partial charge in [0.25, 0.3) is 11.6 Å². The van der Waals surface area contributed by atoms with Gasteiger partial charge in [0.05, 0.1) is 16.7 Å². The number of piperidine rings is 1. The fraction of sp³-hybridized carbons (Fsp3) is 0.353. The summed E-state index contributed by atoms with van der Waals surface area (Å²) < 4.78 is 32.9. The van der Waals surface area contributed by atoms with Crippen LogP contribution >= 0.6 is 0 Å². The summed E-state index contributed by atoms with van der Waals surface area (Å²) in [6.07, 6.45) is 3.63. The van der Waals surface area contributed by atoms with Crippen molar-refractivity contribution in [1.82, 2.24) is 9.62 Å². The number of likely N-dealkylation sites (tertiary alicyclic amines) is 1. The van der Waals surface area contributed by atoms with Crippen LogP contribution in [-0.2, 0) is 10.0 Å². The van der Waals surface area contributed by atoms with Crippen molar-refractivity contribution >= 4 is 21.6 Å². The number of carbonyl (C=O) groups is 1. The second kappa shape index (κ2) is 7.49. The van der Waals surface area contributed by atoms with Gasteiger partial charge in [0.2, 0.25) is 10.0 Å². The third-order valence-electron chi connectivity index (χ3n) is 4.53. The van der Waals surface area contributed by atoms with Crippen molar-refractivity contribution in [3.63, 3.8) is 0 Å². The van der Waals surface area contributed by atoms with E-state index in [1.165, 1.54) is 37.6 Å². The van der Waals surface area contributed by atoms with E-state index in [0.717, 1.165) is 0 Å². The maximum absolute atomic E-state index is 12.7. The first-order valence-electron chi connectivity index (χ1n) is 8.37. The second-order valence-corrected chi connectivity index (χ2v) is 8.03. The Morgan fingerprint density at radius 2 is 2.00 bits per heavy atom. The third kappa shape index (κ3) is 4.01. The molecule has 0 radical (unpaired) electrons. The average Bonchev–Trinajstić information content (AvgIpc) is 3.15. The van der Waals surface area contributed by atoms with Crippen LogP contribution in [0.5, 0.6) is 0 Å². The van der Waals surface area contributed by atoms with E-state index >= 15 is 0 Å². The van der Waals surface area contributed by atoms with Crippen LogP contribution in [0, 0.1) is 17.0 Å². The highest BCUT2D eigenvalue weighted by atomic mass is 32.2. The Hall–Kier alpha value is -2.72. The summed E-state index contributed by atoms with van der Waals surface area (Å²) in [7, 11) is -4.06. The molecule has 0 bridgehead atoms. The summed E-state index contributed by atoms with van der Waals surface area (Å²) in [4.78, 5) is 24.1. The quantitative estimate of drug-likeness (QED) is 0.613. The van der Waals surface area contributed by atoms with Gasteiger partial charge in [-0.05, 0) is 31.4 Å². The first-order chi connectivity index (χ1) is 12.8. The molecular formula is C17H19N3O6S. The summed E-state index contributed by atoms with van der Waals surface area (Å²) >= 11 is 0. The summed E-state index contributed by atoms with van der Waals surface area (Å²) in [5.41, 5.74) is 0.309. The molecule has 0 spiro atoms. The van der Waals surface area contributed by atoms with Crippen LogP contribution in [0.15, 0.2) is 46.1 Å². The highest BCUT2D eigenvalue weighted by Crippen LogP contribution is 2.27. The number of nitrogens with zero attached hydrogens (tertiary/aromatic N) is 2. The molecule has 27 heavy (non-hydrogen) atoms. The average molecular weight is 393 g/mol. The van der Waals surface area contributed by atoms with E-state index in [1.54, 1.807) is 11.0 Å². The SMILES string of the molecule is Cc1cccc([N+](=O)[O-])c1S(=O)(=O)NC1CCN(C(=O)c2ccoc2)CC1. The van der Waals surface area contributed by atoms with Crippen LogP contribution in [0.1, 0.15) is 28.8 Å². The second-order valence-electron chi connectivity index (χ2n) is 6.38. The Labute approximate surface area is 156 Å². The van der Waals surface area contributed by atoms with E-state index in [4.69, 9.17) is 4.42 Å². The molecule has 3 rings (SSSR count). The lowest BCUT2D eigenvalue weighted by Gasteiger charge is -2.32. The monoisotopic (exact) mass is 393 g/mol. The molecule has 0 aliphatic carbocycles. The summed E-state index contributed by atoms with van der Waals surface area (Å²) in [5, 5.41) is 11.2. The molecule has 10 heteroatoms. The number of benzene rings is 1. The van der Waals surface area contributed by atoms with Gasteiger partial charge in [0.1, 0.15) is 6.26 Å². The number of nitro groups is 1. The minimum absolute atomic E-state index is 0.167. The van der Waals surface area contributed by atoms with E-state index in [9.17, 15) is 23.3 Å². The largest absolute Gasteiger partial charge is 0.472 e. The highest BCUT2D eigenvalue weighted by molar-refractivity contribution is 7.89. The molecule has 2 aromatic rings. The molecule has 0 unspecified atom stereocenters. The lowest BCUT2D eigenvalue weighted by molar-refractivity contribution is -0.387. The van der Waals surface area contributed by atoms with Crippen molar-refractivity contribution in [3.8, 4) is 0 Å². The summed E-state index contributed by atoms with van der Waals surface area (Å²) in [5.74, 6) is -0.167. The first kappa shape index (κ1) is 19.1. The summed E-state index contributed by atoms with van der Waals surface area (Å²) in [6.45, 7) is 2.29. The topological polar surface area (TPSA) is 123 Å². The molecule has 1 saturated heterocycles. The molecule has 1 fully saturated rings. The van der Waals surface area contributed by atoms with Crippen molar-refractivity contribution in [2.24, 2.45) is 0 Å².